The Balaban J connectivity index is 2.14. The van der Waals surface area contributed by atoms with Gasteiger partial charge in [0, 0.05) is 6.42 Å². The van der Waals surface area contributed by atoms with Gasteiger partial charge in [0.25, 0.3) is 0 Å². The molecule has 0 amide bonds. The largest absolute Gasteiger partial charge is 0.131 e. The van der Waals surface area contributed by atoms with Crippen molar-refractivity contribution in [2.75, 3.05) is 0 Å². The van der Waals surface area contributed by atoms with Gasteiger partial charge in [-0.1, -0.05) is 24.3 Å². The molecule has 1 atom stereocenters. The van der Waals surface area contributed by atoms with Crippen LogP contribution in [0.4, 0.5) is 0 Å². The first-order valence-corrected chi connectivity index (χ1v) is 7.06. The van der Waals surface area contributed by atoms with E-state index in [4.69, 9.17) is 0 Å². The highest BCUT2D eigenvalue weighted by molar-refractivity contribution is 7.31. The Hall–Kier alpha value is -1.26. The zero-order valence-electron chi connectivity index (χ0n) is 10.5. The summed E-state index contributed by atoms with van der Waals surface area (Å²) in [5, 5.41) is 1.54. The molecule has 1 heteroatoms. The van der Waals surface area contributed by atoms with Crippen LogP contribution in [0.5, 0.6) is 0 Å². The van der Waals surface area contributed by atoms with Crippen LogP contribution in [-0.4, -0.2) is 0 Å². The molecule has 0 aliphatic heterocycles. The van der Waals surface area contributed by atoms with Crippen LogP contribution in [0.3, 0.4) is 0 Å². The highest BCUT2D eigenvalue weighted by atomic mass is 31.0. The highest BCUT2D eigenvalue weighted by Crippen LogP contribution is 2.44. The van der Waals surface area contributed by atoms with E-state index in [1.54, 1.807) is 0 Å². The Labute approximate surface area is 104 Å². The van der Waals surface area contributed by atoms with Crippen LogP contribution < -0.4 is 0 Å². The predicted octanol–water partition coefficient (Wildman–Crippen LogP) is 4.83. The van der Waals surface area contributed by atoms with Crippen molar-refractivity contribution in [1.82, 2.24) is 0 Å². The Bertz CT molecular complexity index is 614. The third kappa shape index (κ3) is 1.59. The smallest absolute Gasteiger partial charge is 0.0217 e. The molecule has 2 aromatic rings. The highest BCUT2D eigenvalue weighted by Gasteiger charge is 2.21. The molecule has 1 aromatic carbocycles. The van der Waals surface area contributed by atoms with Crippen molar-refractivity contribution in [2.24, 2.45) is 0 Å². The summed E-state index contributed by atoms with van der Waals surface area (Å²) in [7, 11) is 0.837. The van der Waals surface area contributed by atoms with E-state index >= 15 is 0 Å². The molecule has 0 saturated carbocycles. The maximum absolute atomic E-state index is 2.36. The van der Waals surface area contributed by atoms with E-state index in [1.807, 2.05) is 0 Å². The molecule has 1 aromatic heterocycles. The van der Waals surface area contributed by atoms with Crippen molar-refractivity contribution in [1.29, 1.82) is 0 Å². The average molecular weight is 239 g/mol. The Morgan fingerprint density at radius 1 is 1.00 bits per heavy atom. The van der Waals surface area contributed by atoms with Gasteiger partial charge in [-0.15, -0.1) is 8.19 Å². The van der Waals surface area contributed by atoms with E-state index in [-0.39, 0.29) is 0 Å². The molecule has 1 aliphatic carbocycles. The second-order valence-corrected chi connectivity index (χ2v) is 5.82. The van der Waals surface area contributed by atoms with Crippen molar-refractivity contribution in [3.05, 3.63) is 64.0 Å². The van der Waals surface area contributed by atoms with Crippen LogP contribution in [-0.2, 0) is 0 Å². The van der Waals surface area contributed by atoms with Gasteiger partial charge in [0.05, 0.1) is 0 Å². The van der Waals surface area contributed by atoms with Crippen LogP contribution in [0.2, 0.25) is 0 Å². The van der Waals surface area contributed by atoms with Crippen LogP contribution in [0, 0.1) is 20.3 Å². The monoisotopic (exact) mass is 239 g/mol. The van der Waals surface area contributed by atoms with Gasteiger partial charge in [-0.3, -0.25) is 0 Å². The molecule has 0 N–H and O–H groups in total. The summed E-state index contributed by atoms with van der Waals surface area (Å²) in [4.78, 5) is 0. The Kier molecular flexibility index (Phi) is 2.49. The summed E-state index contributed by atoms with van der Waals surface area (Å²) < 4.78 is 0. The lowest BCUT2D eigenvalue weighted by Gasteiger charge is -2.04. The first-order valence-electron chi connectivity index (χ1n) is 5.98. The number of hydrogen-bond acceptors (Lipinski definition) is 0. The number of allylic oxidation sites excluding steroid dienone is 2. The topological polar surface area (TPSA) is 0 Å². The molecule has 1 aliphatic rings. The van der Waals surface area contributed by atoms with Crippen LogP contribution in [0.25, 0.3) is 11.1 Å². The van der Waals surface area contributed by atoms with E-state index in [0.717, 1.165) is 8.19 Å². The molecule has 0 nitrogen and oxygen atoms in total. The molecule has 17 heavy (non-hydrogen) atoms. The number of rotatable bonds is 1. The van der Waals surface area contributed by atoms with Gasteiger partial charge in [0.1, 0.15) is 0 Å². The molecule has 3 rings (SSSR count). The minimum atomic E-state index is 0.837. The predicted molar refractivity (Wildman–Crippen MR) is 77.7 cm³/mol. The summed E-state index contributed by atoms with van der Waals surface area (Å²) in [5.74, 6) is 2.36. The van der Waals surface area contributed by atoms with E-state index in [0.29, 0.717) is 0 Å². The van der Waals surface area contributed by atoms with Gasteiger partial charge >= 0.3 is 0 Å². The molecule has 0 bridgehead atoms. The molecule has 85 valence electrons. The Morgan fingerprint density at radius 3 is 2.41 bits per heavy atom. The summed E-state index contributed by atoms with van der Waals surface area (Å²) in [6, 6.07) is 8.68. The van der Waals surface area contributed by atoms with Crippen molar-refractivity contribution in [3.8, 4) is 0 Å². The minimum absolute atomic E-state index is 0.837. The van der Waals surface area contributed by atoms with Crippen molar-refractivity contribution in [2.45, 2.75) is 20.8 Å². The molecular weight excluding hydrogens is 223 g/mol. The molecule has 1 heterocycles. The molecule has 1 radical (unpaired) electrons. The lowest BCUT2D eigenvalue weighted by atomic mass is 10.0. The number of benzene rings is 1. The second kappa shape index (κ2) is 3.89. The van der Waals surface area contributed by atoms with Crippen molar-refractivity contribution < 1.29 is 0 Å². The normalized spacial score (nSPS) is 14.8. The van der Waals surface area contributed by atoms with Gasteiger partial charge < -0.3 is 0 Å². The maximum Gasteiger partial charge on any atom is 0.0217 e. The molecular formula is C16H16P. The summed E-state index contributed by atoms with van der Waals surface area (Å²) in [6.07, 6.45) is 2.35. The molecule has 0 fully saturated rings. The van der Waals surface area contributed by atoms with Gasteiger partial charge in [0.15, 0.2) is 0 Å². The van der Waals surface area contributed by atoms with E-state index in [2.05, 4.69) is 57.3 Å². The fourth-order valence-corrected chi connectivity index (χ4v) is 3.91. The fraction of sp³-hybridized carbons (Fsp3) is 0.188. The summed E-state index contributed by atoms with van der Waals surface area (Å²) in [6.45, 7) is 6.71. The number of aryl methyl sites for hydroxylation is 1. The van der Waals surface area contributed by atoms with E-state index in [9.17, 15) is 0 Å². The average Bonchev–Trinajstić information content (AvgIpc) is 2.83. The number of fused-ring (bicyclic) bond motifs is 1. The van der Waals surface area contributed by atoms with Crippen molar-refractivity contribution >= 4 is 19.3 Å². The van der Waals surface area contributed by atoms with Crippen LogP contribution in [0.15, 0.2) is 30.1 Å². The summed E-state index contributed by atoms with van der Waals surface area (Å²) in [5.41, 5.74) is 8.58. The first-order chi connectivity index (χ1) is 8.18. The molecule has 0 saturated heterocycles. The third-order valence-corrected chi connectivity index (χ3v) is 5.25. The van der Waals surface area contributed by atoms with Gasteiger partial charge in [-0.05, 0) is 65.3 Å². The quantitative estimate of drug-likeness (QED) is 0.668. The SMILES string of the molecule is CC1=C(c2[pH]cc(C)c2C)[CH]c2ccccc21. The van der Waals surface area contributed by atoms with Crippen LogP contribution in [0.1, 0.15) is 34.5 Å². The minimum Gasteiger partial charge on any atom is -0.131 e. The zero-order valence-corrected chi connectivity index (χ0v) is 11.5. The van der Waals surface area contributed by atoms with Gasteiger partial charge in [0.2, 0.25) is 0 Å². The molecule has 0 spiro atoms. The van der Waals surface area contributed by atoms with E-state index in [1.165, 1.54) is 38.7 Å². The first kappa shape index (κ1) is 10.9. The zero-order chi connectivity index (χ0) is 12.0. The summed E-state index contributed by atoms with van der Waals surface area (Å²) >= 11 is 0. The maximum atomic E-state index is 2.36. The standard InChI is InChI=1S/C16H16P/c1-10-9-17-16(11(10)2)15-8-13-6-4-5-7-14(13)12(15)3/h4-9,17H,1-3H3. The third-order valence-electron chi connectivity index (χ3n) is 3.74. The fourth-order valence-electron chi connectivity index (χ4n) is 2.51. The van der Waals surface area contributed by atoms with Gasteiger partial charge in [-0.25, -0.2) is 0 Å². The Morgan fingerprint density at radius 2 is 1.76 bits per heavy atom. The molecule has 1 unspecified atom stereocenters. The van der Waals surface area contributed by atoms with Crippen molar-refractivity contribution in [3.63, 3.8) is 0 Å². The second-order valence-electron chi connectivity index (χ2n) is 4.74. The lowest BCUT2D eigenvalue weighted by Crippen LogP contribution is -1.83. The van der Waals surface area contributed by atoms with Gasteiger partial charge in [-0.2, -0.15) is 0 Å². The van der Waals surface area contributed by atoms with E-state index < -0.39 is 0 Å². The number of hydrogen-bond donors (Lipinski definition) is 0. The lowest BCUT2D eigenvalue weighted by molar-refractivity contribution is 1.39. The van der Waals surface area contributed by atoms with Crippen LogP contribution >= 0.6 is 8.19 Å².